The number of benzene rings is 3. The molecule has 0 fully saturated rings. The van der Waals surface area contributed by atoms with Crippen molar-refractivity contribution in [3.05, 3.63) is 107 Å². The molecule has 1 aliphatic heterocycles. The summed E-state index contributed by atoms with van der Waals surface area (Å²) in [4.78, 5) is 28.4. The molecule has 1 N–H and O–H groups in total. The zero-order valence-corrected chi connectivity index (χ0v) is 18.8. The van der Waals surface area contributed by atoms with Crippen molar-refractivity contribution in [2.45, 2.75) is 19.9 Å². The van der Waals surface area contributed by atoms with Gasteiger partial charge in [0.15, 0.2) is 11.5 Å². The van der Waals surface area contributed by atoms with E-state index in [1.165, 1.54) is 4.90 Å². The minimum absolute atomic E-state index is 0.0294. The number of ether oxygens (including phenoxy) is 1. The average Bonchev–Trinajstić information content (AvgIpc) is 3.39. The highest BCUT2D eigenvalue weighted by atomic mass is 16.5. The van der Waals surface area contributed by atoms with Gasteiger partial charge in [-0.25, -0.2) is 0 Å². The number of carbonyl (C=O) groups excluding carboxylic acids is 2. The normalized spacial score (nSPS) is 15.9. The smallest absolute Gasteiger partial charge is 0.294 e. The Labute approximate surface area is 196 Å². The predicted molar refractivity (Wildman–Crippen MR) is 129 cm³/mol. The fourth-order valence-corrected chi connectivity index (χ4v) is 4.29. The van der Waals surface area contributed by atoms with Crippen LogP contribution < -0.4 is 9.64 Å². The topological polar surface area (TPSA) is 80.0 Å². The number of Topliss-reactive ketones (excluding diaryl/α,β-unsaturated/α-hetero) is 1. The first-order valence-corrected chi connectivity index (χ1v) is 11.1. The molecular formula is C28H23NO5. The molecule has 6 nitrogen and oxygen atoms in total. The van der Waals surface area contributed by atoms with Crippen LogP contribution in [0.4, 0.5) is 5.69 Å². The van der Waals surface area contributed by atoms with E-state index in [-0.39, 0.29) is 11.3 Å². The van der Waals surface area contributed by atoms with Gasteiger partial charge in [-0.15, -0.1) is 0 Å². The molecule has 0 radical (unpaired) electrons. The standard InChI is InChI=1S/C28H23NO5/c1-3-33-21-9-6-8-19(15-21)25-24(26(30)23-16-18-7-4-5-10-22(18)34-23)27(31)28(32)29(25)20-13-11-17(2)12-14-20/h4-16,25,31H,3H2,1-2H3. The summed E-state index contributed by atoms with van der Waals surface area (Å²) in [5.74, 6) is -1.10. The minimum atomic E-state index is -0.851. The van der Waals surface area contributed by atoms with Gasteiger partial charge in [0.05, 0.1) is 18.2 Å². The third-order valence-corrected chi connectivity index (χ3v) is 5.90. The molecule has 0 aliphatic carbocycles. The molecule has 2 heterocycles. The van der Waals surface area contributed by atoms with E-state index in [4.69, 9.17) is 9.15 Å². The van der Waals surface area contributed by atoms with E-state index in [9.17, 15) is 14.7 Å². The average molecular weight is 453 g/mol. The van der Waals surface area contributed by atoms with Crippen LogP contribution in [-0.4, -0.2) is 23.4 Å². The molecule has 1 aliphatic rings. The van der Waals surface area contributed by atoms with E-state index < -0.39 is 23.5 Å². The van der Waals surface area contributed by atoms with E-state index in [0.717, 1.165) is 10.9 Å². The summed E-state index contributed by atoms with van der Waals surface area (Å²) in [6.45, 7) is 4.30. The summed E-state index contributed by atoms with van der Waals surface area (Å²) in [6, 6.07) is 22.6. The maximum atomic E-state index is 13.7. The number of amides is 1. The summed E-state index contributed by atoms with van der Waals surface area (Å²) in [5, 5.41) is 11.7. The third kappa shape index (κ3) is 3.63. The van der Waals surface area contributed by atoms with Crippen LogP contribution in [0.15, 0.2) is 94.6 Å². The van der Waals surface area contributed by atoms with Crippen molar-refractivity contribution in [1.82, 2.24) is 0 Å². The van der Waals surface area contributed by atoms with Crippen LogP contribution in [0.2, 0.25) is 0 Å². The Morgan fingerprint density at radius 3 is 2.53 bits per heavy atom. The molecule has 3 aromatic carbocycles. The number of aliphatic hydroxyl groups excluding tert-OH is 1. The molecule has 1 atom stereocenters. The molecule has 6 heteroatoms. The molecular weight excluding hydrogens is 430 g/mol. The van der Waals surface area contributed by atoms with Gasteiger partial charge < -0.3 is 14.3 Å². The number of anilines is 1. The SMILES string of the molecule is CCOc1cccc(C2C(C(=O)c3cc4ccccc4o3)=C(O)C(=O)N2c2ccc(C)cc2)c1. The van der Waals surface area contributed by atoms with Crippen LogP contribution in [0.5, 0.6) is 5.75 Å². The zero-order valence-electron chi connectivity index (χ0n) is 18.8. The number of nitrogens with zero attached hydrogens (tertiary/aromatic N) is 1. The first-order valence-electron chi connectivity index (χ1n) is 11.1. The number of fused-ring (bicyclic) bond motifs is 1. The van der Waals surface area contributed by atoms with Crippen LogP contribution in [0.1, 0.15) is 34.6 Å². The molecule has 1 amide bonds. The van der Waals surface area contributed by atoms with Gasteiger partial charge in [0.25, 0.3) is 5.91 Å². The van der Waals surface area contributed by atoms with Crippen molar-refractivity contribution in [3.63, 3.8) is 0 Å². The highest BCUT2D eigenvalue weighted by Crippen LogP contribution is 2.43. The first kappa shape index (κ1) is 21.5. The van der Waals surface area contributed by atoms with E-state index >= 15 is 0 Å². The van der Waals surface area contributed by atoms with Crippen LogP contribution in [0.3, 0.4) is 0 Å². The summed E-state index contributed by atoms with van der Waals surface area (Å²) < 4.78 is 11.4. The van der Waals surface area contributed by atoms with Crippen molar-refractivity contribution in [1.29, 1.82) is 0 Å². The van der Waals surface area contributed by atoms with Crippen LogP contribution in [0.25, 0.3) is 11.0 Å². The number of hydrogen-bond acceptors (Lipinski definition) is 5. The Balaban J connectivity index is 1.66. The third-order valence-electron chi connectivity index (χ3n) is 5.90. The van der Waals surface area contributed by atoms with Gasteiger partial charge in [0.1, 0.15) is 11.3 Å². The molecule has 5 rings (SSSR count). The monoisotopic (exact) mass is 453 g/mol. The summed E-state index contributed by atoms with van der Waals surface area (Å²) >= 11 is 0. The second kappa shape index (κ2) is 8.56. The first-order chi connectivity index (χ1) is 16.5. The van der Waals surface area contributed by atoms with E-state index in [1.54, 1.807) is 36.4 Å². The van der Waals surface area contributed by atoms with Crippen LogP contribution in [-0.2, 0) is 4.79 Å². The lowest BCUT2D eigenvalue weighted by Crippen LogP contribution is -2.31. The molecule has 1 aromatic heterocycles. The number of furan rings is 1. The quantitative estimate of drug-likeness (QED) is 0.367. The Morgan fingerprint density at radius 1 is 1.03 bits per heavy atom. The van der Waals surface area contributed by atoms with Crippen molar-refractivity contribution < 1.29 is 23.8 Å². The highest BCUT2D eigenvalue weighted by molar-refractivity contribution is 6.20. The number of hydrogen-bond donors (Lipinski definition) is 1. The molecule has 0 saturated heterocycles. The fraction of sp³-hybridized carbons (Fsp3) is 0.143. The zero-order chi connectivity index (χ0) is 23.8. The number of carbonyl (C=O) groups is 2. The van der Waals surface area contributed by atoms with Gasteiger partial charge in [-0.1, -0.05) is 48.0 Å². The number of ketones is 1. The highest BCUT2D eigenvalue weighted by Gasteiger charge is 2.45. The van der Waals surface area contributed by atoms with E-state index in [0.29, 0.717) is 29.2 Å². The van der Waals surface area contributed by atoms with E-state index in [2.05, 4.69) is 0 Å². The molecule has 0 bridgehead atoms. The van der Waals surface area contributed by atoms with Gasteiger partial charge in [-0.05, 0) is 55.8 Å². The van der Waals surface area contributed by atoms with Gasteiger partial charge in [-0.2, -0.15) is 0 Å². The van der Waals surface area contributed by atoms with Crippen molar-refractivity contribution in [3.8, 4) is 5.75 Å². The predicted octanol–water partition coefficient (Wildman–Crippen LogP) is 5.92. The van der Waals surface area contributed by atoms with Gasteiger partial charge in [-0.3, -0.25) is 14.5 Å². The molecule has 0 saturated carbocycles. The van der Waals surface area contributed by atoms with Crippen molar-refractivity contribution in [2.75, 3.05) is 11.5 Å². The van der Waals surface area contributed by atoms with Gasteiger partial charge in [0, 0.05) is 11.1 Å². The number of aryl methyl sites for hydroxylation is 1. The lowest BCUT2D eigenvalue weighted by molar-refractivity contribution is -0.117. The number of aliphatic hydroxyl groups is 1. The Bertz CT molecular complexity index is 1400. The summed E-state index contributed by atoms with van der Waals surface area (Å²) in [5.41, 5.74) is 2.77. The molecule has 1 unspecified atom stereocenters. The summed E-state index contributed by atoms with van der Waals surface area (Å²) in [7, 11) is 0. The molecule has 170 valence electrons. The fourth-order valence-electron chi connectivity index (χ4n) is 4.29. The Kier molecular flexibility index (Phi) is 5.42. The van der Waals surface area contributed by atoms with Crippen LogP contribution >= 0.6 is 0 Å². The van der Waals surface area contributed by atoms with E-state index in [1.807, 2.05) is 56.3 Å². The molecule has 34 heavy (non-hydrogen) atoms. The second-order valence-corrected chi connectivity index (χ2v) is 8.16. The van der Waals surface area contributed by atoms with Gasteiger partial charge >= 0.3 is 0 Å². The van der Waals surface area contributed by atoms with Crippen molar-refractivity contribution >= 4 is 28.3 Å². The number of para-hydroxylation sites is 1. The molecule has 4 aromatic rings. The van der Waals surface area contributed by atoms with Crippen molar-refractivity contribution in [2.24, 2.45) is 0 Å². The van der Waals surface area contributed by atoms with Crippen LogP contribution in [0, 0.1) is 6.92 Å². The maximum absolute atomic E-state index is 13.7. The largest absolute Gasteiger partial charge is 0.503 e. The maximum Gasteiger partial charge on any atom is 0.294 e. The Morgan fingerprint density at radius 2 is 1.79 bits per heavy atom. The second-order valence-electron chi connectivity index (χ2n) is 8.16. The lowest BCUT2D eigenvalue weighted by atomic mass is 9.94. The molecule has 0 spiro atoms. The Hall–Kier alpha value is -4.32. The number of rotatable bonds is 6. The summed E-state index contributed by atoms with van der Waals surface area (Å²) in [6.07, 6.45) is 0. The minimum Gasteiger partial charge on any atom is -0.503 e. The lowest BCUT2D eigenvalue weighted by Gasteiger charge is -2.27. The van der Waals surface area contributed by atoms with Gasteiger partial charge in [0.2, 0.25) is 5.78 Å².